The molecular weight excluding hydrogens is 204 g/mol. The maximum absolute atomic E-state index is 11.6. The Labute approximate surface area is 93.7 Å². The third-order valence-electron chi connectivity index (χ3n) is 2.56. The molecule has 1 aliphatic rings. The van der Waals surface area contributed by atoms with Gasteiger partial charge in [0.05, 0.1) is 5.56 Å². The monoisotopic (exact) mass is 216 g/mol. The molecule has 0 spiro atoms. The summed E-state index contributed by atoms with van der Waals surface area (Å²) in [5.74, 6) is -0.0961. The third kappa shape index (κ3) is 1.76. The Hall–Kier alpha value is -1.90. The smallest absolute Gasteiger partial charge is 0.338 e. The van der Waals surface area contributed by atoms with Crippen LogP contribution in [0.3, 0.4) is 0 Å². The number of ketones is 1. The first-order chi connectivity index (χ1) is 7.59. The fourth-order valence-electron chi connectivity index (χ4n) is 1.75. The van der Waals surface area contributed by atoms with E-state index in [0.717, 1.165) is 12.0 Å². The van der Waals surface area contributed by atoms with Crippen LogP contribution >= 0.6 is 0 Å². The number of fused-ring (bicyclic) bond motifs is 1. The summed E-state index contributed by atoms with van der Waals surface area (Å²) in [4.78, 5) is 23.0. The molecule has 0 bridgehead atoms. The van der Waals surface area contributed by atoms with Crippen LogP contribution in [-0.4, -0.2) is 11.8 Å². The average molecular weight is 216 g/mol. The number of carbonyl (C=O) groups is 2. The van der Waals surface area contributed by atoms with Gasteiger partial charge >= 0.3 is 5.97 Å². The van der Waals surface area contributed by atoms with E-state index >= 15 is 0 Å². The third-order valence-corrected chi connectivity index (χ3v) is 2.56. The van der Waals surface area contributed by atoms with Crippen molar-refractivity contribution >= 4 is 11.8 Å². The van der Waals surface area contributed by atoms with E-state index in [0.29, 0.717) is 23.3 Å². The molecule has 0 N–H and O–H groups in total. The molecule has 0 amide bonds. The molecule has 3 nitrogen and oxygen atoms in total. The van der Waals surface area contributed by atoms with E-state index in [9.17, 15) is 9.59 Å². The summed E-state index contributed by atoms with van der Waals surface area (Å²) in [5, 5.41) is 0. The minimum absolute atomic E-state index is 0.0418. The van der Waals surface area contributed by atoms with Crippen LogP contribution in [0.5, 0.6) is 5.75 Å². The van der Waals surface area contributed by atoms with Crippen molar-refractivity contribution in [2.24, 2.45) is 0 Å². The SMILES string of the molecule is C=C(C)C(=O)Oc1cccc2c1C(=O)CC2. The predicted octanol–water partition coefficient (Wildman–Crippen LogP) is 2.30. The minimum atomic E-state index is -0.492. The Kier molecular flexibility index (Phi) is 2.60. The molecular formula is C13H12O3. The quantitative estimate of drug-likeness (QED) is 0.433. The number of hydrogen-bond donors (Lipinski definition) is 0. The highest BCUT2D eigenvalue weighted by atomic mass is 16.5. The number of aryl methyl sites for hydroxylation is 1. The lowest BCUT2D eigenvalue weighted by atomic mass is 10.1. The van der Waals surface area contributed by atoms with Crippen LogP contribution in [-0.2, 0) is 11.2 Å². The van der Waals surface area contributed by atoms with E-state index in [1.54, 1.807) is 19.1 Å². The molecule has 0 saturated heterocycles. The van der Waals surface area contributed by atoms with Crippen LogP contribution in [0.15, 0.2) is 30.4 Å². The van der Waals surface area contributed by atoms with Crippen LogP contribution in [0.4, 0.5) is 0 Å². The average Bonchev–Trinajstić information content (AvgIpc) is 2.61. The van der Waals surface area contributed by atoms with Gasteiger partial charge in [0.15, 0.2) is 5.78 Å². The highest BCUT2D eigenvalue weighted by Gasteiger charge is 2.24. The molecule has 0 saturated carbocycles. The number of esters is 1. The van der Waals surface area contributed by atoms with Crippen molar-refractivity contribution in [3.05, 3.63) is 41.5 Å². The fourth-order valence-corrected chi connectivity index (χ4v) is 1.75. The van der Waals surface area contributed by atoms with E-state index < -0.39 is 5.97 Å². The summed E-state index contributed by atoms with van der Waals surface area (Å²) >= 11 is 0. The van der Waals surface area contributed by atoms with E-state index in [1.807, 2.05) is 6.07 Å². The van der Waals surface area contributed by atoms with Crippen molar-refractivity contribution in [1.29, 1.82) is 0 Å². The number of rotatable bonds is 2. The second-order valence-corrected chi connectivity index (χ2v) is 3.88. The Morgan fingerprint density at radius 2 is 2.12 bits per heavy atom. The lowest BCUT2D eigenvalue weighted by molar-refractivity contribution is -0.130. The van der Waals surface area contributed by atoms with Crippen LogP contribution in [0.1, 0.15) is 29.3 Å². The zero-order valence-electron chi connectivity index (χ0n) is 9.08. The van der Waals surface area contributed by atoms with Gasteiger partial charge < -0.3 is 4.74 Å². The van der Waals surface area contributed by atoms with Gasteiger partial charge in [0.25, 0.3) is 0 Å². The molecule has 16 heavy (non-hydrogen) atoms. The molecule has 3 heteroatoms. The van der Waals surface area contributed by atoms with Crippen LogP contribution in [0.25, 0.3) is 0 Å². The molecule has 82 valence electrons. The number of hydrogen-bond acceptors (Lipinski definition) is 3. The van der Waals surface area contributed by atoms with Gasteiger partial charge in [-0.1, -0.05) is 18.7 Å². The van der Waals surface area contributed by atoms with Gasteiger partial charge in [-0.05, 0) is 25.0 Å². The van der Waals surface area contributed by atoms with Crippen molar-refractivity contribution in [2.45, 2.75) is 19.8 Å². The lowest BCUT2D eigenvalue weighted by Crippen LogP contribution is -2.10. The first-order valence-electron chi connectivity index (χ1n) is 5.12. The van der Waals surface area contributed by atoms with E-state index in [4.69, 9.17) is 4.74 Å². The molecule has 2 rings (SSSR count). The van der Waals surface area contributed by atoms with Crippen LogP contribution < -0.4 is 4.74 Å². The van der Waals surface area contributed by atoms with Gasteiger partial charge in [0.2, 0.25) is 0 Å². The number of benzene rings is 1. The maximum Gasteiger partial charge on any atom is 0.338 e. The molecule has 1 aromatic rings. The first kappa shape index (κ1) is 10.6. The molecule has 0 radical (unpaired) electrons. The van der Waals surface area contributed by atoms with Gasteiger partial charge in [-0.3, -0.25) is 4.79 Å². The molecule has 0 fully saturated rings. The summed E-state index contributed by atoms with van der Waals surface area (Å²) in [6.45, 7) is 5.08. The second-order valence-electron chi connectivity index (χ2n) is 3.88. The molecule has 0 heterocycles. The topological polar surface area (TPSA) is 43.4 Å². The van der Waals surface area contributed by atoms with E-state index in [2.05, 4.69) is 6.58 Å². The number of Topliss-reactive ketones (excluding diaryl/α,β-unsaturated/α-hetero) is 1. The Morgan fingerprint density at radius 3 is 2.81 bits per heavy atom. The lowest BCUT2D eigenvalue weighted by Gasteiger charge is -2.07. The van der Waals surface area contributed by atoms with Crippen LogP contribution in [0.2, 0.25) is 0 Å². The molecule has 1 aromatic carbocycles. The standard InChI is InChI=1S/C13H12O3/c1-8(2)13(15)16-11-5-3-4-9-6-7-10(14)12(9)11/h3-5H,1,6-7H2,2H3. The summed E-state index contributed by atoms with van der Waals surface area (Å²) in [5.41, 5.74) is 1.83. The predicted molar refractivity (Wildman–Crippen MR) is 59.5 cm³/mol. The maximum atomic E-state index is 11.6. The highest BCUT2D eigenvalue weighted by Crippen LogP contribution is 2.30. The Bertz CT molecular complexity index is 486. The minimum Gasteiger partial charge on any atom is -0.422 e. The van der Waals surface area contributed by atoms with Gasteiger partial charge in [-0.15, -0.1) is 0 Å². The van der Waals surface area contributed by atoms with E-state index in [1.165, 1.54) is 0 Å². The molecule has 1 aliphatic carbocycles. The van der Waals surface area contributed by atoms with Gasteiger partial charge in [0.1, 0.15) is 5.75 Å². The number of ether oxygens (including phenoxy) is 1. The van der Waals surface area contributed by atoms with Crippen molar-refractivity contribution in [3.8, 4) is 5.75 Å². The summed E-state index contributed by atoms with van der Waals surface area (Å²) in [7, 11) is 0. The van der Waals surface area contributed by atoms with Crippen molar-refractivity contribution in [1.82, 2.24) is 0 Å². The highest BCUT2D eigenvalue weighted by molar-refractivity contribution is 6.03. The zero-order chi connectivity index (χ0) is 11.7. The van der Waals surface area contributed by atoms with Crippen LogP contribution in [0, 0.1) is 0 Å². The van der Waals surface area contributed by atoms with Gasteiger partial charge in [-0.25, -0.2) is 4.79 Å². The van der Waals surface area contributed by atoms with E-state index in [-0.39, 0.29) is 5.78 Å². The molecule has 0 atom stereocenters. The zero-order valence-corrected chi connectivity index (χ0v) is 9.08. The molecule has 0 unspecified atom stereocenters. The first-order valence-corrected chi connectivity index (χ1v) is 5.12. The van der Waals surface area contributed by atoms with Crippen molar-refractivity contribution < 1.29 is 14.3 Å². The van der Waals surface area contributed by atoms with Gasteiger partial charge in [-0.2, -0.15) is 0 Å². The molecule has 0 aliphatic heterocycles. The Balaban J connectivity index is 2.36. The Morgan fingerprint density at radius 1 is 1.38 bits per heavy atom. The molecule has 0 aromatic heterocycles. The number of carbonyl (C=O) groups excluding carboxylic acids is 2. The van der Waals surface area contributed by atoms with Crippen molar-refractivity contribution in [2.75, 3.05) is 0 Å². The summed E-state index contributed by atoms with van der Waals surface area (Å²) < 4.78 is 5.13. The summed E-state index contributed by atoms with van der Waals surface area (Å²) in [6.07, 6.45) is 1.23. The van der Waals surface area contributed by atoms with Crippen molar-refractivity contribution in [3.63, 3.8) is 0 Å². The second kappa shape index (κ2) is 3.93. The largest absolute Gasteiger partial charge is 0.422 e. The summed E-state index contributed by atoms with van der Waals surface area (Å²) in [6, 6.07) is 5.32. The fraction of sp³-hybridized carbons (Fsp3) is 0.231. The normalized spacial score (nSPS) is 13.4. The van der Waals surface area contributed by atoms with Gasteiger partial charge in [0, 0.05) is 12.0 Å².